The molecule has 1 aromatic carbocycles. The lowest BCUT2D eigenvalue weighted by Crippen LogP contribution is -2.63. The maximum absolute atomic E-state index is 12.5. The summed E-state index contributed by atoms with van der Waals surface area (Å²) in [4.78, 5) is 22.8. The molecule has 5 rings (SSSR count). The second-order valence-corrected chi connectivity index (χ2v) is 8.17. The van der Waals surface area contributed by atoms with E-state index in [1.54, 1.807) is 0 Å². The van der Waals surface area contributed by atoms with Gasteiger partial charge < -0.3 is 9.47 Å². The van der Waals surface area contributed by atoms with Crippen molar-refractivity contribution in [3.63, 3.8) is 0 Å². The van der Waals surface area contributed by atoms with Gasteiger partial charge in [0.2, 0.25) is 0 Å². The molecular weight excluding hydrogens is 322 g/mol. The van der Waals surface area contributed by atoms with Crippen molar-refractivity contribution in [2.45, 2.75) is 63.3 Å². The number of carbonyl (C=O) groups excluding carboxylic acids is 1. The fourth-order valence-corrected chi connectivity index (χ4v) is 6.06. The number of carbonyl (C=O) groups is 1. The largest absolute Gasteiger partial charge is 0.456 e. The lowest BCUT2D eigenvalue weighted by atomic mass is 9.39. The van der Waals surface area contributed by atoms with E-state index in [-0.39, 0.29) is 17.9 Å². The molecular formula is C19H21NO5. The van der Waals surface area contributed by atoms with E-state index in [9.17, 15) is 14.9 Å². The van der Waals surface area contributed by atoms with Gasteiger partial charge in [-0.15, -0.1) is 0 Å². The van der Waals surface area contributed by atoms with Crippen LogP contribution in [0.1, 0.15) is 55.3 Å². The predicted molar refractivity (Wildman–Crippen MR) is 88.1 cm³/mol. The summed E-state index contributed by atoms with van der Waals surface area (Å²) < 4.78 is 12.1. The predicted octanol–water partition coefficient (Wildman–Crippen LogP) is 3.63. The monoisotopic (exact) mass is 343 g/mol. The number of fused-ring (bicyclic) bond motifs is 1. The molecule has 0 radical (unpaired) electrons. The van der Waals surface area contributed by atoms with E-state index >= 15 is 0 Å². The summed E-state index contributed by atoms with van der Waals surface area (Å²) in [6, 6.07) is 5.60. The van der Waals surface area contributed by atoms with Crippen LogP contribution < -0.4 is 0 Å². The van der Waals surface area contributed by atoms with Crippen LogP contribution in [0.15, 0.2) is 24.3 Å². The van der Waals surface area contributed by atoms with Gasteiger partial charge >= 0.3 is 5.97 Å². The summed E-state index contributed by atoms with van der Waals surface area (Å²) in [5.74, 6) is -0.410. The average Bonchev–Trinajstić information content (AvgIpc) is 2.75. The first-order valence-electron chi connectivity index (χ1n) is 9.14. The fraction of sp³-hybridized carbons (Fsp3) is 0.632. The first-order chi connectivity index (χ1) is 12.0. The molecule has 0 amide bonds. The minimum absolute atomic E-state index is 0.0146. The standard InChI is InChI=1S/C19H21NO5/c21-17(12-3-5-13(6-4-12)20(22)23)25-14-9-18-7-1-2-8-19(18)10-15(14)24-16(19)11-18/h3-6,14-16H,1-2,7-11H2/t14-,15-,16-,18+,19+/m1/s1. The third kappa shape index (κ3) is 1.97. The van der Waals surface area contributed by atoms with E-state index in [4.69, 9.17) is 9.47 Å². The number of non-ortho nitro benzene ring substituents is 1. The Bertz CT molecular complexity index is 747. The minimum Gasteiger partial charge on any atom is -0.456 e. The van der Waals surface area contributed by atoms with Crippen molar-refractivity contribution in [3.8, 4) is 0 Å². The van der Waals surface area contributed by atoms with Crippen LogP contribution >= 0.6 is 0 Å². The molecule has 4 aliphatic rings. The Labute approximate surface area is 145 Å². The summed E-state index contributed by atoms with van der Waals surface area (Å²) in [5, 5.41) is 10.7. The lowest BCUT2D eigenvalue weighted by Gasteiger charge is -2.65. The molecule has 1 aliphatic heterocycles. The number of esters is 1. The van der Waals surface area contributed by atoms with Gasteiger partial charge in [0.15, 0.2) is 0 Å². The van der Waals surface area contributed by atoms with E-state index in [1.807, 2.05) is 0 Å². The molecule has 6 heteroatoms. The van der Waals surface area contributed by atoms with Crippen LogP contribution in [0.3, 0.4) is 0 Å². The molecule has 1 heterocycles. The topological polar surface area (TPSA) is 78.7 Å². The third-order valence-corrected chi connectivity index (χ3v) is 7.26. The molecule has 2 bridgehead atoms. The van der Waals surface area contributed by atoms with Crippen molar-refractivity contribution < 1.29 is 19.2 Å². The van der Waals surface area contributed by atoms with Crippen LogP contribution in [0.25, 0.3) is 0 Å². The van der Waals surface area contributed by atoms with Gasteiger partial charge in [0, 0.05) is 17.5 Å². The second-order valence-electron chi connectivity index (χ2n) is 8.17. The Morgan fingerprint density at radius 2 is 1.92 bits per heavy atom. The summed E-state index contributed by atoms with van der Waals surface area (Å²) in [5.41, 5.74) is 0.990. The zero-order valence-corrected chi connectivity index (χ0v) is 14.0. The molecule has 0 N–H and O–H groups in total. The first-order valence-corrected chi connectivity index (χ1v) is 9.14. The van der Waals surface area contributed by atoms with Crippen LogP contribution in [0.4, 0.5) is 5.69 Å². The summed E-state index contributed by atoms with van der Waals surface area (Å²) in [6.45, 7) is 0. The molecule has 6 nitrogen and oxygen atoms in total. The highest BCUT2D eigenvalue weighted by Crippen LogP contribution is 2.75. The molecule has 0 unspecified atom stereocenters. The zero-order valence-electron chi connectivity index (χ0n) is 14.0. The third-order valence-electron chi connectivity index (χ3n) is 7.26. The second kappa shape index (κ2) is 5.04. The average molecular weight is 343 g/mol. The number of rotatable bonds is 3. The molecule has 1 aromatic rings. The highest BCUT2D eigenvalue weighted by atomic mass is 16.6. The Balaban J connectivity index is 1.33. The van der Waals surface area contributed by atoms with E-state index in [0.29, 0.717) is 22.5 Å². The lowest BCUT2D eigenvalue weighted by molar-refractivity contribution is -0.384. The van der Waals surface area contributed by atoms with Crippen molar-refractivity contribution in [1.29, 1.82) is 0 Å². The van der Waals surface area contributed by atoms with Gasteiger partial charge in [-0.25, -0.2) is 4.79 Å². The fourth-order valence-electron chi connectivity index (χ4n) is 6.06. The Morgan fingerprint density at radius 3 is 2.68 bits per heavy atom. The molecule has 1 spiro atoms. The number of ether oxygens (including phenoxy) is 2. The van der Waals surface area contributed by atoms with Gasteiger partial charge in [-0.3, -0.25) is 10.1 Å². The van der Waals surface area contributed by atoms with Crippen LogP contribution in [0.2, 0.25) is 0 Å². The Kier molecular flexibility index (Phi) is 3.08. The van der Waals surface area contributed by atoms with E-state index < -0.39 is 10.9 Å². The van der Waals surface area contributed by atoms with E-state index in [1.165, 1.54) is 49.9 Å². The van der Waals surface area contributed by atoms with Crippen molar-refractivity contribution in [1.82, 2.24) is 0 Å². The van der Waals surface area contributed by atoms with Gasteiger partial charge in [0.1, 0.15) is 6.10 Å². The smallest absolute Gasteiger partial charge is 0.338 e. The van der Waals surface area contributed by atoms with Gasteiger partial charge in [0.05, 0.1) is 22.7 Å². The molecule has 3 saturated carbocycles. The molecule has 4 fully saturated rings. The van der Waals surface area contributed by atoms with Crippen molar-refractivity contribution in [2.24, 2.45) is 10.8 Å². The molecule has 5 atom stereocenters. The summed E-state index contributed by atoms with van der Waals surface area (Å²) in [7, 11) is 0. The molecule has 3 aliphatic carbocycles. The molecule has 0 aromatic heterocycles. The van der Waals surface area contributed by atoms with Crippen LogP contribution in [-0.4, -0.2) is 29.2 Å². The van der Waals surface area contributed by atoms with Gasteiger partial charge in [-0.05, 0) is 49.7 Å². The highest BCUT2D eigenvalue weighted by molar-refractivity contribution is 5.89. The van der Waals surface area contributed by atoms with Gasteiger partial charge in [-0.2, -0.15) is 0 Å². The number of hydrogen-bond donors (Lipinski definition) is 0. The van der Waals surface area contributed by atoms with Crippen LogP contribution in [0, 0.1) is 20.9 Å². The van der Waals surface area contributed by atoms with E-state index in [2.05, 4.69) is 0 Å². The number of nitro groups is 1. The quantitative estimate of drug-likeness (QED) is 0.476. The van der Waals surface area contributed by atoms with Crippen LogP contribution in [0.5, 0.6) is 0 Å². The SMILES string of the molecule is O=C(O[C@@H]1C[C@]23CCCC[C@@]24C[C@H]1O[C@@H]4C3)c1ccc([N+](=O)[O-])cc1. The van der Waals surface area contributed by atoms with E-state index in [0.717, 1.165) is 19.3 Å². The molecule has 1 saturated heterocycles. The number of benzene rings is 1. The van der Waals surface area contributed by atoms with Crippen molar-refractivity contribution in [3.05, 3.63) is 39.9 Å². The molecule has 25 heavy (non-hydrogen) atoms. The van der Waals surface area contributed by atoms with Gasteiger partial charge in [0.25, 0.3) is 5.69 Å². The van der Waals surface area contributed by atoms with Gasteiger partial charge in [-0.1, -0.05) is 12.8 Å². The van der Waals surface area contributed by atoms with Crippen LogP contribution in [-0.2, 0) is 9.47 Å². The van der Waals surface area contributed by atoms with Crippen molar-refractivity contribution in [2.75, 3.05) is 0 Å². The zero-order chi connectivity index (χ0) is 17.2. The maximum atomic E-state index is 12.5. The summed E-state index contributed by atoms with van der Waals surface area (Å²) >= 11 is 0. The Hall–Kier alpha value is -1.95. The normalized spacial score (nSPS) is 40.7. The Morgan fingerprint density at radius 1 is 1.16 bits per heavy atom. The highest BCUT2D eigenvalue weighted by Gasteiger charge is 2.74. The maximum Gasteiger partial charge on any atom is 0.338 e. The van der Waals surface area contributed by atoms with Crippen molar-refractivity contribution >= 4 is 11.7 Å². The first kappa shape index (κ1) is 15.3. The number of nitrogens with zero attached hydrogens (tertiary/aromatic N) is 1. The molecule has 132 valence electrons. The number of nitro benzene ring substituents is 1. The number of hydrogen-bond acceptors (Lipinski definition) is 5. The minimum atomic E-state index is -0.475. The summed E-state index contributed by atoms with van der Waals surface area (Å²) in [6.07, 6.45) is 8.28.